The zero-order chi connectivity index (χ0) is 11.6. The zero-order valence-electron chi connectivity index (χ0n) is 8.67. The molecule has 0 saturated heterocycles. The van der Waals surface area contributed by atoms with Crippen molar-refractivity contribution in [3.05, 3.63) is 24.0 Å². The minimum Gasteiger partial charge on any atom is -0.465 e. The van der Waals surface area contributed by atoms with Gasteiger partial charge >= 0.3 is 16.2 Å². The van der Waals surface area contributed by atoms with Crippen molar-refractivity contribution >= 4 is 16.2 Å². The van der Waals surface area contributed by atoms with E-state index in [0.29, 0.717) is 0 Å². The predicted molar refractivity (Wildman–Crippen MR) is 53.8 cm³/mol. The molecule has 0 bridgehead atoms. The molecule has 6 nitrogen and oxygen atoms in total. The van der Waals surface area contributed by atoms with Gasteiger partial charge < -0.3 is 4.74 Å². The van der Waals surface area contributed by atoms with Crippen LogP contribution in [-0.2, 0) is 14.9 Å². The normalized spacial score (nSPS) is 11.7. The lowest BCUT2D eigenvalue weighted by Crippen LogP contribution is -2.27. The summed E-state index contributed by atoms with van der Waals surface area (Å²) in [5.41, 5.74) is 0.197. The topological polar surface area (TPSA) is 68.6 Å². The van der Waals surface area contributed by atoms with Crippen LogP contribution in [-0.4, -0.2) is 43.9 Å². The number of hydrogen-bond donors (Lipinski definition) is 0. The molecule has 84 valence electrons. The van der Waals surface area contributed by atoms with E-state index in [2.05, 4.69) is 4.74 Å². The molecule has 0 fully saturated rings. The standard InChI is InChI=1S/C8H12N2O4S/c1-9(2)15(12,13)10-5-4-7(6-10)8(11)14-3/h4-6H,1-3H3. The van der Waals surface area contributed by atoms with Gasteiger partial charge in [0, 0.05) is 26.5 Å². The van der Waals surface area contributed by atoms with Crippen LogP contribution in [0.25, 0.3) is 0 Å². The second-order valence-corrected chi connectivity index (χ2v) is 5.06. The Morgan fingerprint density at radius 2 is 2.07 bits per heavy atom. The van der Waals surface area contributed by atoms with Crippen molar-refractivity contribution in [2.24, 2.45) is 0 Å². The van der Waals surface area contributed by atoms with E-state index < -0.39 is 16.2 Å². The summed E-state index contributed by atoms with van der Waals surface area (Å²) < 4.78 is 29.7. The van der Waals surface area contributed by atoms with Crippen molar-refractivity contribution in [3.8, 4) is 0 Å². The number of methoxy groups -OCH3 is 1. The fourth-order valence-corrected chi connectivity index (χ4v) is 1.79. The van der Waals surface area contributed by atoms with Gasteiger partial charge in [-0.05, 0) is 6.07 Å². The molecule has 0 radical (unpaired) electrons. The van der Waals surface area contributed by atoms with Crippen LogP contribution < -0.4 is 0 Å². The van der Waals surface area contributed by atoms with Crippen LogP contribution in [0.1, 0.15) is 10.4 Å². The van der Waals surface area contributed by atoms with Crippen LogP contribution in [0.3, 0.4) is 0 Å². The number of ether oxygens (including phenoxy) is 1. The highest BCUT2D eigenvalue weighted by Gasteiger charge is 2.17. The molecule has 0 spiro atoms. The highest BCUT2D eigenvalue weighted by atomic mass is 32.2. The average Bonchev–Trinajstić information content (AvgIpc) is 2.65. The van der Waals surface area contributed by atoms with Crippen molar-refractivity contribution < 1.29 is 17.9 Å². The lowest BCUT2D eigenvalue weighted by Gasteiger charge is -2.11. The van der Waals surface area contributed by atoms with Crippen LogP contribution in [0.15, 0.2) is 18.5 Å². The summed E-state index contributed by atoms with van der Waals surface area (Å²) in [6, 6.07) is 1.38. The molecule has 1 heterocycles. The Balaban J connectivity index is 3.10. The Labute approximate surface area is 88.2 Å². The largest absolute Gasteiger partial charge is 0.465 e. The lowest BCUT2D eigenvalue weighted by atomic mass is 10.3. The first kappa shape index (κ1) is 11.7. The molecule has 0 aliphatic heterocycles. The number of nitrogens with zero attached hydrogens (tertiary/aromatic N) is 2. The van der Waals surface area contributed by atoms with Crippen molar-refractivity contribution in [2.75, 3.05) is 21.2 Å². The van der Waals surface area contributed by atoms with Crippen LogP contribution in [0.4, 0.5) is 0 Å². The minimum atomic E-state index is -3.56. The van der Waals surface area contributed by atoms with E-state index in [1.54, 1.807) is 0 Å². The van der Waals surface area contributed by atoms with Crippen LogP contribution in [0.5, 0.6) is 0 Å². The van der Waals surface area contributed by atoms with Crippen molar-refractivity contribution in [2.45, 2.75) is 0 Å². The smallest absolute Gasteiger partial charge is 0.339 e. The number of carbonyl (C=O) groups is 1. The second-order valence-electron chi connectivity index (χ2n) is 3.01. The van der Waals surface area contributed by atoms with Crippen molar-refractivity contribution in [1.29, 1.82) is 0 Å². The SMILES string of the molecule is COC(=O)c1ccn(S(=O)(=O)N(C)C)c1. The summed E-state index contributed by atoms with van der Waals surface area (Å²) in [6.45, 7) is 0. The number of hydrogen-bond acceptors (Lipinski definition) is 4. The molecule has 1 aromatic rings. The van der Waals surface area contributed by atoms with E-state index in [1.165, 1.54) is 39.7 Å². The summed E-state index contributed by atoms with van der Waals surface area (Å²) in [7, 11) is 0.500. The number of esters is 1. The van der Waals surface area contributed by atoms with E-state index >= 15 is 0 Å². The average molecular weight is 232 g/mol. The zero-order valence-corrected chi connectivity index (χ0v) is 9.48. The molecule has 0 aromatic carbocycles. The van der Waals surface area contributed by atoms with E-state index in [-0.39, 0.29) is 5.56 Å². The van der Waals surface area contributed by atoms with Gasteiger partial charge in [0.05, 0.1) is 12.7 Å². The van der Waals surface area contributed by atoms with E-state index in [1.807, 2.05) is 0 Å². The Morgan fingerprint density at radius 3 is 2.53 bits per heavy atom. The predicted octanol–water partition coefficient (Wildman–Crippen LogP) is -0.0708. The molecule has 0 saturated carbocycles. The molecule has 0 amide bonds. The van der Waals surface area contributed by atoms with E-state index in [9.17, 15) is 13.2 Å². The van der Waals surface area contributed by atoms with Crippen LogP contribution in [0, 0.1) is 0 Å². The Morgan fingerprint density at radius 1 is 1.47 bits per heavy atom. The molecule has 7 heteroatoms. The third kappa shape index (κ3) is 2.18. The summed E-state index contributed by atoms with van der Waals surface area (Å²) in [5.74, 6) is -0.567. The van der Waals surface area contributed by atoms with Gasteiger partial charge in [-0.3, -0.25) is 0 Å². The monoisotopic (exact) mass is 232 g/mol. The third-order valence-electron chi connectivity index (χ3n) is 1.82. The molecular formula is C8H12N2O4S. The van der Waals surface area contributed by atoms with Crippen molar-refractivity contribution in [1.82, 2.24) is 8.28 Å². The Hall–Kier alpha value is -1.34. The first-order valence-electron chi connectivity index (χ1n) is 4.09. The fourth-order valence-electron chi connectivity index (χ4n) is 0.948. The number of carbonyl (C=O) groups excluding carboxylic acids is 1. The minimum absolute atomic E-state index is 0.197. The van der Waals surface area contributed by atoms with E-state index in [0.717, 1.165) is 8.28 Å². The summed E-state index contributed by atoms with van der Waals surface area (Å²) in [6.07, 6.45) is 2.50. The Kier molecular flexibility index (Phi) is 3.15. The van der Waals surface area contributed by atoms with Crippen LogP contribution >= 0.6 is 0 Å². The maximum atomic E-state index is 11.6. The molecule has 0 aliphatic rings. The Bertz CT molecular complexity index is 461. The molecular weight excluding hydrogens is 220 g/mol. The summed E-state index contributed by atoms with van der Waals surface area (Å²) in [5, 5.41) is 0. The quantitative estimate of drug-likeness (QED) is 0.684. The van der Waals surface area contributed by atoms with Gasteiger partial charge in [0.1, 0.15) is 0 Å². The van der Waals surface area contributed by atoms with Gasteiger partial charge in [-0.1, -0.05) is 0 Å². The molecule has 1 rings (SSSR count). The second kappa shape index (κ2) is 4.03. The summed E-state index contributed by atoms with van der Waals surface area (Å²) >= 11 is 0. The van der Waals surface area contributed by atoms with Crippen LogP contribution in [0.2, 0.25) is 0 Å². The summed E-state index contributed by atoms with van der Waals surface area (Å²) in [4.78, 5) is 11.1. The van der Waals surface area contributed by atoms with Gasteiger partial charge in [-0.25, -0.2) is 8.77 Å². The molecule has 0 aliphatic carbocycles. The number of aromatic nitrogens is 1. The molecule has 0 unspecified atom stereocenters. The van der Waals surface area contributed by atoms with Gasteiger partial charge in [0.2, 0.25) is 0 Å². The van der Waals surface area contributed by atoms with Gasteiger partial charge in [0.25, 0.3) is 0 Å². The highest BCUT2D eigenvalue weighted by molar-refractivity contribution is 7.87. The molecule has 15 heavy (non-hydrogen) atoms. The van der Waals surface area contributed by atoms with Gasteiger partial charge in [-0.2, -0.15) is 12.7 Å². The third-order valence-corrected chi connectivity index (χ3v) is 3.50. The van der Waals surface area contributed by atoms with Gasteiger partial charge in [0.15, 0.2) is 0 Å². The lowest BCUT2D eigenvalue weighted by molar-refractivity contribution is 0.0601. The molecule has 1 aromatic heterocycles. The molecule has 0 atom stereocenters. The first-order valence-corrected chi connectivity index (χ1v) is 5.48. The highest BCUT2D eigenvalue weighted by Crippen LogP contribution is 2.07. The maximum Gasteiger partial charge on any atom is 0.339 e. The fraction of sp³-hybridized carbons (Fsp3) is 0.375. The molecule has 0 N–H and O–H groups in total. The first-order chi connectivity index (χ1) is 6.89. The van der Waals surface area contributed by atoms with Gasteiger partial charge in [-0.15, -0.1) is 0 Å². The van der Waals surface area contributed by atoms with E-state index in [4.69, 9.17) is 0 Å². The van der Waals surface area contributed by atoms with Crippen molar-refractivity contribution in [3.63, 3.8) is 0 Å². The number of rotatable bonds is 3. The maximum absolute atomic E-state index is 11.6.